The van der Waals surface area contributed by atoms with Crippen LogP contribution in [0, 0.1) is 12.8 Å². The Bertz CT molecular complexity index is 1340. The summed E-state index contributed by atoms with van der Waals surface area (Å²) in [5, 5.41) is 9.27. The average Bonchev–Trinajstić information content (AvgIpc) is 3.30. The number of imide groups is 1. The number of urea groups is 1. The van der Waals surface area contributed by atoms with Crippen LogP contribution >= 0.6 is 0 Å². The number of pyridine rings is 1. The molecule has 0 bridgehead atoms. The van der Waals surface area contributed by atoms with Crippen LogP contribution in [0.25, 0.3) is 10.9 Å². The fraction of sp³-hybridized carbons (Fsp3) is 0.357. The van der Waals surface area contributed by atoms with Crippen LogP contribution in [0.15, 0.2) is 54.6 Å². The average molecular weight is 486 g/mol. The molecule has 2 aliphatic rings. The first kappa shape index (κ1) is 23.9. The van der Waals surface area contributed by atoms with Gasteiger partial charge >= 0.3 is 6.03 Å². The van der Waals surface area contributed by atoms with Crippen LogP contribution in [0.4, 0.5) is 4.79 Å². The van der Waals surface area contributed by atoms with Crippen molar-refractivity contribution in [2.24, 2.45) is 5.92 Å². The number of carbonyl (C=O) groups excluding carboxylic acids is 3. The molecule has 5 rings (SSSR count). The molecule has 8 nitrogen and oxygen atoms in total. The molecule has 36 heavy (non-hydrogen) atoms. The SMILES string of the molecule is Cc1cc(Cc2ccc(C(=O)NC3CN(CC(C)C)CC34NC(=O)NC4=O)cc2)c2ccccc2n1. The van der Waals surface area contributed by atoms with E-state index in [0.717, 1.165) is 35.1 Å². The fourth-order valence-electron chi connectivity index (χ4n) is 5.40. The third-order valence-corrected chi connectivity index (χ3v) is 6.95. The van der Waals surface area contributed by atoms with Gasteiger partial charge in [-0.05, 0) is 54.7 Å². The second kappa shape index (κ2) is 9.35. The van der Waals surface area contributed by atoms with Gasteiger partial charge in [-0.3, -0.25) is 24.8 Å². The van der Waals surface area contributed by atoms with Crippen LogP contribution in [0.3, 0.4) is 0 Å². The lowest BCUT2D eigenvalue weighted by Crippen LogP contribution is -2.62. The van der Waals surface area contributed by atoms with Crippen LogP contribution in [0.5, 0.6) is 0 Å². The lowest BCUT2D eigenvalue weighted by Gasteiger charge is -2.27. The van der Waals surface area contributed by atoms with E-state index in [1.807, 2.05) is 49.4 Å². The van der Waals surface area contributed by atoms with Crippen LogP contribution < -0.4 is 16.0 Å². The van der Waals surface area contributed by atoms with Crippen LogP contribution in [-0.2, 0) is 11.2 Å². The van der Waals surface area contributed by atoms with E-state index in [1.165, 1.54) is 5.56 Å². The third-order valence-electron chi connectivity index (χ3n) is 6.95. The van der Waals surface area contributed by atoms with Gasteiger partial charge in [-0.2, -0.15) is 0 Å². The smallest absolute Gasteiger partial charge is 0.322 e. The number of benzene rings is 2. The van der Waals surface area contributed by atoms with Gasteiger partial charge in [0.15, 0.2) is 5.54 Å². The zero-order valence-corrected chi connectivity index (χ0v) is 20.8. The second-order valence-electron chi connectivity index (χ2n) is 10.3. The number of aromatic nitrogens is 1. The molecular formula is C28H31N5O3. The number of fused-ring (bicyclic) bond motifs is 1. The van der Waals surface area contributed by atoms with Crippen molar-refractivity contribution in [1.29, 1.82) is 0 Å². The summed E-state index contributed by atoms with van der Waals surface area (Å²) in [6.45, 7) is 7.83. The Morgan fingerprint density at radius 3 is 2.61 bits per heavy atom. The zero-order chi connectivity index (χ0) is 25.4. The third kappa shape index (κ3) is 4.56. The van der Waals surface area contributed by atoms with Gasteiger partial charge in [0.2, 0.25) is 0 Å². The monoisotopic (exact) mass is 485 g/mol. The van der Waals surface area contributed by atoms with Gasteiger partial charge < -0.3 is 10.6 Å². The Morgan fingerprint density at radius 2 is 1.92 bits per heavy atom. The Kier molecular flexibility index (Phi) is 6.22. The number of hydrogen-bond acceptors (Lipinski definition) is 5. The van der Waals surface area contributed by atoms with Crippen LogP contribution in [-0.4, -0.2) is 58.9 Å². The van der Waals surface area contributed by atoms with E-state index >= 15 is 0 Å². The van der Waals surface area contributed by atoms with Crippen molar-refractivity contribution in [3.63, 3.8) is 0 Å². The fourth-order valence-corrected chi connectivity index (χ4v) is 5.40. The van der Waals surface area contributed by atoms with Crippen molar-refractivity contribution in [1.82, 2.24) is 25.8 Å². The first-order valence-corrected chi connectivity index (χ1v) is 12.3. The number of rotatable bonds is 6. The summed E-state index contributed by atoms with van der Waals surface area (Å²) >= 11 is 0. The molecule has 3 heterocycles. The summed E-state index contributed by atoms with van der Waals surface area (Å²) in [7, 11) is 0. The normalized spacial score (nSPS) is 21.8. The van der Waals surface area contributed by atoms with Gasteiger partial charge in [-0.1, -0.05) is 44.2 Å². The van der Waals surface area contributed by atoms with E-state index < -0.39 is 17.6 Å². The second-order valence-corrected chi connectivity index (χ2v) is 10.3. The first-order valence-electron chi connectivity index (χ1n) is 12.3. The molecule has 0 aliphatic carbocycles. The predicted molar refractivity (Wildman–Crippen MR) is 138 cm³/mol. The number of nitrogens with one attached hydrogen (secondary N) is 3. The molecule has 2 aromatic carbocycles. The molecule has 8 heteroatoms. The maximum absolute atomic E-state index is 13.2. The molecular weight excluding hydrogens is 454 g/mol. The quantitative estimate of drug-likeness (QED) is 0.466. The molecule has 3 N–H and O–H groups in total. The molecule has 2 aliphatic heterocycles. The minimum Gasteiger partial charge on any atom is -0.345 e. The largest absolute Gasteiger partial charge is 0.345 e. The number of hydrogen-bond donors (Lipinski definition) is 3. The summed E-state index contributed by atoms with van der Waals surface area (Å²) in [4.78, 5) is 44.6. The lowest BCUT2D eigenvalue weighted by molar-refractivity contribution is -0.124. The van der Waals surface area contributed by atoms with Crippen molar-refractivity contribution in [2.75, 3.05) is 19.6 Å². The highest BCUT2D eigenvalue weighted by atomic mass is 16.2. The number of likely N-dealkylation sites (tertiary alicyclic amines) is 1. The van der Waals surface area contributed by atoms with E-state index in [9.17, 15) is 14.4 Å². The van der Waals surface area contributed by atoms with Crippen molar-refractivity contribution in [3.05, 3.63) is 77.0 Å². The summed E-state index contributed by atoms with van der Waals surface area (Å²) in [6, 6.07) is 16.7. The molecule has 4 amide bonds. The van der Waals surface area contributed by atoms with E-state index in [0.29, 0.717) is 24.6 Å². The molecule has 186 valence electrons. The summed E-state index contributed by atoms with van der Waals surface area (Å²) in [5.74, 6) is -0.263. The molecule has 2 atom stereocenters. The highest BCUT2D eigenvalue weighted by molar-refractivity contribution is 6.08. The Hall–Kier alpha value is -3.78. The number of para-hydroxylation sites is 1. The maximum atomic E-state index is 13.2. The number of amides is 4. The first-order chi connectivity index (χ1) is 17.2. The molecule has 0 saturated carbocycles. The number of carbonyl (C=O) groups is 3. The molecule has 1 aromatic heterocycles. The maximum Gasteiger partial charge on any atom is 0.322 e. The molecule has 3 aromatic rings. The van der Waals surface area contributed by atoms with E-state index in [-0.39, 0.29) is 11.8 Å². The zero-order valence-electron chi connectivity index (χ0n) is 20.8. The number of nitrogens with zero attached hydrogens (tertiary/aromatic N) is 2. The van der Waals surface area contributed by atoms with Gasteiger partial charge in [0, 0.05) is 36.3 Å². The minimum atomic E-state index is -1.15. The molecule has 1 spiro atoms. The highest BCUT2D eigenvalue weighted by Gasteiger charge is 2.57. The molecule has 0 radical (unpaired) electrons. The van der Waals surface area contributed by atoms with Crippen molar-refractivity contribution in [3.8, 4) is 0 Å². The Labute approximate surface area is 210 Å². The summed E-state index contributed by atoms with van der Waals surface area (Å²) < 4.78 is 0. The van der Waals surface area contributed by atoms with E-state index in [2.05, 4.69) is 51.8 Å². The topological polar surface area (TPSA) is 103 Å². The predicted octanol–water partition coefficient (Wildman–Crippen LogP) is 2.78. The van der Waals surface area contributed by atoms with Gasteiger partial charge in [-0.25, -0.2) is 4.79 Å². The van der Waals surface area contributed by atoms with E-state index in [4.69, 9.17) is 0 Å². The lowest BCUT2D eigenvalue weighted by atomic mass is 9.93. The minimum absolute atomic E-state index is 0.267. The number of aryl methyl sites for hydroxylation is 1. The van der Waals surface area contributed by atoms with Gasteiger partial charge in [-0.15, -0.1) is 0 Å². The van der Waals surface area contributed by atoms with Gasteiger partial charge in [0.05, 0.1) is 11.6 Å². The van der Waals surface area contributed by atoms with E-state index in [1.54, 1.807) is 0 Å². The molecule has 2 saturated heterocycles. The highest BCUT2D eigenvalue weighted by Crippen LogP contribution is 2.27. The Morgan fingerprint density at radius 1 is 1.17 bits per heavy atom. The summed E-state index contributed by atoms with van der Waals surface area (Å²) in [6.07, 6.45) is 0.730. The van der Waals surface area contributed by atoms with Gasteiger partial charge in [0.25, 0.3) is 11.8 Å². The molecule has 2 fully saturated rings. The van der Waals surface area contributed by atoms with Gasteiger partial charge in [0.1, 0.15) is 0 Å². The van der Waals surface area contributed by atoms with Crippen molar-refractivity contribution >= 4 is 28.7 Å². The van der Waals surface area contributed by atoms with Crippen molar-refractivity contribution in [2.45, 2.75) is 38.8 Å². The summed E-state index contributed by atoms with van der Waals surface area (Å²) in [5.41, 5.74) is 3.59. The molecule has 2 unspecified atom stereocenters. The van der Waals surface area contributed by atoms with Crippen molar-refractivity contribution < 1.29 is 14.4 Å². The Balaban J connectivity index is 1.32. The van der Waals surface area contributed by atoms with Crippen LogP contribution in [0.2, 0.25) is 0 Å². The standard InChI is InChI=1S/C28H31N5O3/c1-17(2)14-33-15-24(28(16-33)26(35)31-27(36)32-28)30-25(34)20-10-8-19(9-11-20)13-21-12-18(3)29-23-7-5-4-6-22(21)23/h4-12,17,24H,13-16H2,1-3H3,(H,30,34)(H2,31,32,35,36). The van der Waals surface area contributed by atoms with Crippen LogP contribution in [0.1, 0.15) is 41.0 Å².